The third kappa shape index (κ3) is 3.37. The van der Waals surface area contributed by atoms with Gasteiger partial charge in [-0.15, -0.1) is 0 Å². The van der Waals surface area contributed by atoms with E-state index < -0.39 is 0 Å². The predicted molar refractivity (Wildman–Crippen MR) is 93.8 cm³/mol. The fraction of sp³-hybridized carbons (Fsp3) is 0.562. The number of carbonyl (C=O) groups excluding carboxylic acids is 1. The minimum Gasteiger partial charge on any atom is -0.352 e. The highest BCUT2D eigenvalue weighted by Crippen LogP contribution is 2.37. The van der Waals surface area contributed by atoms with Crippen molar-refractivity contribution in [2.24, 2.45) is 5.92 Å². The molecule has 5 heteroatoms. The topological polar surface area (TPSA) is 32.3 Å². The zero-order valence-corrected chi connectivity index (χ0v) is 15.0. The second-order valence-corrected chi connectivity index (χ2v) is 7.80. The fourth-order valence-corrected chi connectivity index (χ4v) is 4.18. The van der Waals surface area contributed by atoms with Crippen LogP contribution in [-0.4, -0.2) is 36.5 Å². The summed E-state index contributed by atoms with van der Waals surface area (Å²) in [5.74, 6) is 0.599. The Bertz CT molecular complexity index is 537. The molecule has 1 amide bonds. The number of hydrogen-bond donors (Lipinski definition) is 1. The van der Waals surface area contributed by atoms with E-state index in [-0.39, 0.29) is 5.91 Å². The average Bonchev–Trinajstić information content (AvgIpc) is 2.69. The van der Waals surface area contributed by atoms with Gasteiger partial charge in [-0.2, -0.15) is 0 Å². The first-order valence-electron chi connectivity index (χ1n) is 7.50. The molecular weight excluding hydrogens is 399 g/mol. The Morgan fingerprint density at radius 3 is 2.67 bits per heavy atom. The van der Waals surface area contributed by atoms with Gasteiger partial charge in [0, 0.05) is 27.8 Å². The first kappa shape index (κ1) is 15.6. The molecule has 2 bridgehead atoms. The van der Waals surface area contributed by atoms with Gasteiger partial charge in [-0.1, -0.05) is 11.6 Å². The van der Waals surface area contributed by atoms with Crippen LogP contribution in [-0.2, 0) is 0 Å². The monoisotopic (exact) mass is 418 g/mol. The molecule has 2 aliphatic heterocycles. The van der Waals surface area contributed by atoms with E-state index in [1.807, 2.05) is 12.1 Å². The van der Waals surface area contributed by atoms with Crippen LogP contribution in [0.1, 0.15) is 36.0 Å². The number of halogens is 2. The van der Waals surface area contributed by atoms with E-state index in [9.17, 15) is 4.79 Å². The van der Waals surface area contributed by atoms with E-state index in [0.717, 1.165) is 22.2 Å². The SMILES string of the molecule is CN1C2CCC1CC(CNC(=O)c1ccc(I)c(Cl)c1)C2. The van der Waals surface area contributed by atoms with Crippen molar-refractivity contribution in [3.05, 3.63) is 32.4 Å². The van der Waals surface area contributed by atoms with Crippen LogP contribution in [0.5, 0.6) is 0 Å². The van der Waals surface area contributed by atoms with Crippen LogP contribution in [0.4, 0.5) is 0 Å². The highest BCUT2D eigenvalue weighted by Gasteiger charge is 2.38. The lowest BCUT2D eigenvalue weighted by atomic mass is 9.91. The molecule has 1 aromatic rings. The summed E-state index contributed by atoms with van der Waals surface area (Å²) in [5.41, 5.74) is 0.649. The van der Waals surface area contributed by atoms with Gasteiger partial charge in [0.15, 0.2) is 0 Å². The second-order valence-electron chi connectivity index (χ2n) is 6.23. The molecule has 3 rings (SSSR count). The minimum absolute atomic E-state index is 0.0143. The lowest BCUT2D eigenvalue weighted by molar-refractivity contribution is 0.0917. The van der Waals surface area contributed by atoms with E-state index in [1.165, 1.54) is 25.7 Å². The molecule has 0 radical (unpaired) electrons. The van der Waals surface area contributed by atoms with Crippen molar-refractivity contribution < 1.29 is 4.79 Å². The standard InChI is InChI=1S/C16H20ClIN2O/c1-20-12-3-4-13(20)7-10(6-12)9-19-16(21)11-2-5-15(18)14(17)8-11/h2,5,8,10,12-13H,3-4,6-7,9H2,1H3,(H,19,21). The molecule has 0 saturated carbocycles. The Labute approximate surface area is 144 Å². The molecule has 1 aromatic carbocycles. The van der Waals surface area contributed by atoms with Gasteiger partial charge < -0.3 is 10.2 Å². The van der Waals surface area contributed by atoms with Gasteiger partial charge in [-0.3, -0.25) is 4.79 Å². The summed E-state index contributed by atoms with van der Waals surface area (Å²) in [6.45, 7) is 0.781. The zero-order chi connectivity index (χ0) is 15.0. The van der Waals surface area contributed by atoms with Crippen LogP contribution in [0.3, 0.4) is 0 Å². The van der Waals surface area contributed by atoms with Crippen LogP contribution in [0, 0.1) is 9.49 Å². The Morgan fingerprint density at radius 1 is 1.38 bits per heavy atom. The second kappa shape index (κ2) is 6.42. The summed E-state index contributed by atoms with van der Waals surface area (Å²) in [6, 6.07) is 6.91. The number of amides is 1. The van der Waals surface area contributed by atoms with Crippen LogP contribution in [0.15, 0.2) is 18.2 Å². The lowest BCUT2D eigenvalue weighted by Crippen LogP contribution is -2.43. The van der Waals surface area contributed by atoms with Gasteiger partial charge in [-0.25, -0.2) is 0 Å². The first-order valence-corrected chi connectivity index (χ1v) is 8.95. The fourth-order valence-electron chi connectivity index (χ4n) is 3.67. The number of nitrogens with zero attached hydrogens (tertiary/aromatic N) is 1. The first-order chi connectivity index (χ1) is 10.0. The normalized spacial score (nSPS) is 28.6. The molecule has 2 unspecified atom stereocenters. The van der Waals surface area contributed by atoms with Crippen molar-refractivity contribution in [3.63, 3.8) is 0 Å². The van der Waals surface area contributed by atoms with Crippen molar-refractivity contribution in [2.75, 3.05) is 13.6 Å². The van der Waals surface area contributed by atoms with Crippen LogP contribution >= 0.6 is 34.2 Å². The maximum atomic E-state index is 12.2. The van der Waals surface area contributed by atoms with Gasteiger partial charge >= 0.3 is 0 Å². The Hall–Kier alpha value is -0.330. The summed E-state index contributed by atoms with van der Waals surface area (Å²) in [6.07, 6.45) is 5.05. The number of carbonyl (C=O) groups is 1. The zero-order valence-electron chi connectivity index (χ0n) is 12.1. The van der Waals surface area contributed by atoms with Gasteiger partial charge in [0.1, 0.15) is 0 Å². The van der Waals surface area contributed by atoms with Gasteiger partial charge in [0.05, 0.1) is 5.02 Å². The molecule has 0 aliphatic carbocycles. The minimum atomic E-state index is -0.0143. The maximum absolute atomic E-state index is 12.2. The maximum Gasteiger partial charge on any atom is 0.251 e. The van der Waals surface area contributed by atoms with Crippen LogP contribution < -0.4 is 5.32 Å². The largest absolute Gasteiger partial charge is 0.352 e. The lowest BCUT2D eigenvalue weighted by Gasteiger charge is -2.36. The van der Waals surface area contributed by atoms with E-state index in [2.05, 4.69) is 39.9 Å². The Morgan fingerprint density at radius 2 is 2.05 bits per heavy atom. The van der Waals surface area contributed by atoms with Crippen molar-refractivity contribution >= 4 is 40.1 Å². The molecule has 2 heterocycles. The third-order valence-electron chi connectivity index (χ3n) is 4.93. The molecule has 114 valence electrons. The van der Waals surface area contributed by atoms with Crippen molar-refractivity contribution in [1.29, 1.82) is 0 Å². The smallest absolute Gasteiger partial charge is 0.251 e. The average molecular weight is 419 g/mol. The number of piperidine rings is 1. The molecule has 21 heavy (non-hydrogen) atoms. The van der Waals surface area contributed by atoms with Crippen molar-refractivity contribution in [2.45, 2.75) is 37.8 Å². The molecule has 0 spiro atoms. The van der Waals surface area contributed by atoms with E-state index in [4.69, 9.17) is 11.6 Å². The summed E-state index contributed by atoms with van der Waals surface area (Å²) in [4.78, 5) is 14.7. The summed E-state index contributed by atoms with van der Waals surface area (Å²) in [7, 11) is 2.24. The molecule has 2 saturated heterocycles. The van der Waals surface area contributed by atoms with E-state index >= 15 is 0 Å². The molecule has 2 aliphatic rings. The van der Waals surface area contributed by atoms with Gasteiger partial charge in [-0.05, 0) is 79.4 Å². The number of benzene rings is 1. The molecule has 3 nitrogen and oxygen atoms in total. The van der Waals surface area contributed by atoms with Crippen molar-refractivity contribution in [1.82, 2.24) is 10.2 Å². The van der Waals surface area contributed by atoms with Crippen LogP contribution in [0.2, 0.25) is 5.02 Å². The molecule has 2 fully saturated rings. The highest BCUT2D eigenvalue weighted by molar-refractivity contribution is 14.1. The highest BCUT2D eigenvalue weighted by atomic mass is 127. The number of fused-ring (bicyclic) bond motifs is 2. The van der Waals surface area contributed by atoms with Crippen molar-refractivity contribution in [3.8, 4) is 0 Å². The molecular formula is C16H20ClIN2O. The quantitative estimate of drug-likeness (QED) is 0.762. The van der Waals surface area contributed by atoms with E-state index in [1.54, 1.807) is 6.07 Å². The van der Waals surface area contributed by atoms with Crippen LogP contribution in [0.25, 0.3) is 0 Å². The predicted octanol–water partition coefficient (Wildman–Crippen LogP) is 3.55. The Kier molecular flexibility index (Phi) is 4.76. The van der Waals surface area contributed by atoms with Gasteiger partial charge in [0.2, 0.25) is 0 Å². The molecule has 0 aromatic heterocycles. The van der Waals surface area contributed by atoms with E-state index in [0.29, 0.717) is 16.5 Å². The summed E-state index contributed by atoms with van der Waals surface area (Å²) >= 11 is 8.24. The number of hydrogen-bond acceptors (Lipinski definition) is 2. The molecule has 1 N–H and O–H groups in total. The summed E-state index contributed by atoms with van der Waals surface area (Å²) in [5, 5.41) is 3.72. The third-order valence-corrected chi connectivity index (χ3v) is 6.50. The summed E-state index contributed by atoms with van der Waals surface area (Å²) < 4.78 is 0.970. The Balaban J connectivity index is 1.55. The molecule has 2 atom stereocenters. The number of rotatable bonds is 3. The van der Waals surface area contributed by atoms with Gasteiger partial charge in [0.25, 0.3) is 5.91 Å². The number of nitrogens with one attached hydrogen (secondary N) is 1.